The van der Waals surface area contributed by atoms with E-state index >= 15 is 0 Å². The molecule has 0 fully saturated rings. The number of hydrogen-bond acceptors (Lipinski definition) is 6. The molecule has 0 heterocycles. The summed E-state index contributed by atoms with van der Waals surface area (Å²) in [6, 6.07) is 5.40. The molecule has 9 nitrogen and oxygen atoms in total. The maximum atomic E-state index is 13.7. The third-order valence-corrected chi connectivity index (χ3v) is 5.73. The molecule has 0 bridgehead atoms. The van der Waals surface area contributed by atoms with Crippen molar-refractivity contribution in [2.75, 3.05) is 20.2 Å². The Hall–Kier alpha value is -3.10. The number of hydrogen-bond donors (Lipinski definition) is 2. The number of amides is 3. The quantitative estimate of drug-likeness (QED) is 0.278. The maximum absolute atomic E-state index is 13.7. The molecule has 1 aromatic rings. The van der Waals surface area contributed by atoms with E-state index in [4.69, 9.17) is 4.74 Å². The highest BCUT2D eigenvalue weighted by molar-refractivity contribution is 5.93. The van der Waals surface area contributed by atoms with Gasteiger partial charge in [0.1, 0.15) is 24.2 Å². The van der Waals surface area contributed by atoms with Gasteiger partial charge in [-0.05, 0) is 46.6 Å². The van der Waals surface area contributed by atoms with E-state index in [1.165, 1.54) is 12.0 Å². The number of carbonyl (C=O) groups is 4. The molecule has 37 heavy (non-hydrogen) atoms. The highest BCUT2D eigenvalue weighted by Gasteiger charge is 2.34. The molecule has 0 spiro atoms. The molecule has 208 valence electrons. The summed E-state index contributed by atoms with van der Waals surface area (Å²) < 4.78 is 9.95. The lowest BCUT2D eigenvalue weighted by molar-refractivity contribution is -0.144. The number of methoxy groups -OCH3 is 1. The highest BCUT2D eigenvalue weighted by Crippen LogP contribution is 2.24. The van der Waals surface area contributed by atoms with Gasteiger partial charge in [-0.2, -0.15) is 0 Å². The second-order valence-electron chi connectivity index (χ2n) is 10.3. The highest BCUT2D eigenvalue weighted by atomic mass is 16.6. The van der Waals surface area contributed by atoms with Crippen LogP contribution in [0.3, 0.4) is 0 Å². The predicted molar refractivity (Wildman–Crippen MR) is 143 cm³/mol. The number of carbonyl (C=O) groups excluding carboxylic acids is 4. The molecule has 0 aromatic heterocycles. The molecule has 9 heteroatoms. The van der Waals surface area contributed by atoms with Crippen LogP contribution >= 0.6 is 0 Å². The first-order valence-electron chi connectivity index (χ1n) is 13.1. The molecule has 2 unspecified atom stereocenters. The smallest absolute Gasteiger partial charge is 0.408 e. The number of esters is 1. The Kier molecular flexibility index (Phi) is 13.7. The van der Waals surface area contributed by atoms with Crippen molar-refractivity contribution in [2.24, 2.45) is 0 Å². The fourth-order valence-corrected chi connectivity index (χ4v) is 3.77. The van der Waals surface area contributed by atoms with Crippen molar-refractivity contribution < 1.29 is 28.7 Å². The van der Waals surface area contributed by atoms with Gasteiger partial charge in [0.15, 0.2) is 0 Å². The summed E-state index contributed by atoms with van der Waals surface area (Å²) in [7, 11) is 1.24. The largest absolute Gasteiger partial charge is 0.468 e. The molecule has 0 saturated heterocycles. The first-order valence-corrected chi connectivity index (χ1v) is 13.1. The van der Waals surface area contributed by atoms with Gasteiger partial charge >= 0.3 is 12.1 Å². The molecule has 2 atom stereocenters. The first-order chi connectivity index (χ1) is 17.4. The van der Waals surface area contributed by atoms with Crippen LogP contribution in [0.15, 0.2) is 24.3 Å². The van der Waals surface area contributed by atoms with E-state index in [-0.39, 0.29) is 6.54 Å². The molecule has 0 aliphatic rings. The lowest BCUT2D eigenvalue weighted by atomic mass is 10.0. The number of nitrogens with one attached hydrogen (secondary N) is 2. The zero-order valence-electron chi connectivity index (χ0n) is 23.5. The molecule has 1 rings (SSSR count). The van der Waals surface area contributed by atoms with Crippen molar-refractivity contribution in [1.82, 2.24) is 15.5 Å². The molecule has 1 aromatic carbocycles. The molecule has 0 aliphatic carbocycles. The summed E-state index contributed by atoms with van der Waals surface area (Å²) in [5.41, 5.74) is 0.895. The van der Waals surface area contributed by atoms with Gasteiger partial charge in [0, 0.05) is 6.54 Å². The summed E-state index contributed by atoms with van der Waals surface area (Å²) >= 11 is 0. The second kappa shape index (κ2) is 15.9. The van der Waals surface area contributed by atoms with Crippen molar-refractivity contribution in [1.29, 1.82) is 0 Å². The third-order valence-electron chi connectivity index (χ3n) is 5.73. The topological polar surface area (TPSA) is 114 Å². The van der Waals surface area contributed by atoms with Gasteiger partial charge in [-0.25, -0.2) is 4.79 Å². The number of benzene rings is 1. The molecule has 0 radical (unpaired) electrons. The van der Waals surface area contributed by atoms with Gasteiger partial charge in [0.05, 0.1) is 7.11 Å². The molecule has 3 amide bonds. The zero-order chi connectivity index (χ0) is 28.0. The van der Waals surface area contributed by atoms with Crippen LogP contribution in [0.2, 0.25) is 0 Å². The van der Waals surface area contributed by atoms with Gasteiger partial charge in [0.2, 0.25) is 11.8 Å². The van der Waals surface area contributed by atoms with E-state index in [9.17, 15) is 19.2 Å². The van der Waals surface area contributed by atoms with Crippen molar-refractivity contribution in [3.8, 4) is 0 Å². The number of aryl methyl sites for hydroxylation is 1. The van der Waals surface area contributed by atoms with Crippen LogP contribution in [-0.2, 0) is 23.9 Å². The average Bonchev–Trinajstić information content (AvgIpc) is 2.82. The van der Waals surface area contributed by atoms with Gasteiger partial charge < -0.3 is 25.0 Å². The van der Waals surface area contributed by atoms with Crippen LogP contribution in [0.1, 0.15) is 90.3 Å². The van der Waals surface area contributed by atoms with Gasteiger partial charge in [0.25, 0.3) is 0 Å². The summed E-state index contributed by atoms with van der Waals surface area (Å²) in [6.45, 7) is 10.9. The van der Waals surface area contributed by atoms with E-state index in [1.807, 2.05) is 19.1 Å². The molecule has 2 N–H and O–H groups in total. The van der Waals surface area contributed by atoms with Gasteiger partial charge in [-0.15, -0.1) is 0 Å². The number of alkyl carbamates (subject to hydrolysis) is 1. The number of ether oxygens (including phenoxy) is 2. The minimum absolute atomic E-state index is 0.315. The van der Waals surface area contributed by atoms with Crippen LogP contribution in [0, 0.1) is 6.92 Å². The van der Waals surface area contributed by atoms with Crippen LogP contribution in [0.25, 0.3) is 0 Å². The lowest BCUT2D eigenvalue weighted by Gasteiger charge is -2.33. The standard InChI is InChI=1S/C28H45N3O6/c1-8-9-10-11-12-13-18-31(26(34)21(3)30-27(35)37-28(4,5)6)24(22-16-14-20(2)15-17-22)25(33)29-19-23(32)36-7/h14-17,21,24H,8-13,18-19H2,1-7H3,(H,29,33)(H,30,35). The number of rotatable bonds is 14. The monoisotopic (exact) mass is 519 g/mol. The van der Waals surface area contributed by atoms with Gasteiger partial charge in [-0.3, -0.25) is 14.4 Å². The van der Waals surface area contributed by atoms with E-state index in [2.05, 4.69) is 22.3 Å². The fourth-order valence-electron chi connectivity index (χ4n) is 3.77. The Morgan fingerprint density at radius 3 is 2.14 bits per heavy atom. The summed E-state index contributed by atoms with van der Waals surface area (Å²) in [5, 5.41) is 5.18. The van der Waals surface area contributed by atoms with Crippen molar-refractivity contribution in [2.45, 2.75) is 97.8 Å². The lowest BCUT2D eigenvalue weighted by Crippen LogP contribution is -2.52. The molecular weight excluding hydrogens is 474 g/mol. The van der Waals surface area contributed by atoms with E-state index < -0.39 is 41.6 Å². The Labute approximate surface area is 221 Å². The van der Waals surface area contributed by atoms with Crippen molar-refractivity contribution >= 4 is 23.9 Å². The summed E-state index contributed by atoms with van der Waals surface area (Å²) in [6.07, 6.45) is 5.32. The molecule has 0 saturated carbocycles. The summed E-state index contributed by atoms with van der Waals surface area (Å²) in [5.74, 6) is -1.51. The molecule has 0 aliphatic heterocycles. The zero-order valence-corrected chi connectivity index (χ0v) is 23.5. The first kappa shape index (κ1) is 31.9. The Morgan fingerprint density at radius 2 is 1.57 bits per heavy atom. The second-order valence-corrected chi connectivity index (χ2v) is 10.3. The fraction of sp³-hybridized carbons (Fsp3) is 0.643. The van der Waals surface area contributed by atoms with Crippen LogP contribution in [0.5, 0.6) is 0 Å². The predicted octanol–water partition coefficient (Wildman–Crippen LogP) is 4.43. The average molecular weight is 520 g/mol. The van der Waals surface area contributed by atoms with Crippen LogP contribution in [-0.4, -0.2) is 60.6 Å². The molecular formula is C28H45N3O6. The Bertz CT molecular complexity index is 879. The minimum Gasteiger partial charge on any atom is -0.468 e. The van der Waals surface area contributed by atoms with Crippen LogP contribution in [0.4, 0.5) is 4.79 Å². The van der Waals surface area contributed by atoms with Crippen molar-refractivity contribution in [3.05, 3.63) is 35.4 Å². The van der Waals surface area contributed by atoms with E-state index in [0.29, 0.717) is 18.5 Å². The van der Waals surface area contributed by atoms with Gasteiger partial charge in [-0.1, -0.05) is 68.9 Å². The van der Waals surface area contributed by atoms with Crippen molar-refractivity contribution in [3.63, 3.8) is 0 Å². The van der Waals surface area contributed by atoms with Crippen LogP contribution < -0.4 is 10.6 Å². The number of unbranched alkanes of at least 4 members (excludes halogenated alkanes) is 5. The maximum Gasteiger partial charge on any atom is 0.408 e. The Balaban J connectivity index is 3.24. The minimum atomic E-state index is -0.990. The third kappa shape index (κ3) is 12.1. The number of nitrogens with zero attached hydrogens (tertiary/aromatic N) is 1. The SMILES string of the molecule is CCCCCCCCN(C(=O)C(C)NC(=O)OC(C)(C)C)C(C(=O)NCC(=O)OC)c1ccc(C)cc1. The normalized spacial score (nSPS) is 12.7. The van der Waals surface area contributed by atoms with E-state index in [1.54, 1.807) is 39.8 Å². The van der Waals surface area contributed by atoms with E-state index in [0.717, 1.165) is 37.7 Å². The summed E-state index contributed by atoms with van der Waals surface area (Å²) in [4.78, 5) is 52.6. The Morgan fingerprint density at radius 1 is 0.973 bits per heavy atom.